The maximum absolute atomic E-state index is 13.5. The number of nitrogens with zero attached hydrogens (tertiary/aromatic N) is 2. The molecule has 0 bridgehead atoms. The molecule has 2 atom stereocenters. The van der Waals surface area contributed by atoms with Crippen molar-refractivity contribution in [3.05, 3.63) is 71.8 Å². The van der Waals surface area contributed by atoms with E-state index in [-0.39, 0.29) is 18.5 Å². The minimum absolute atomic E-state index is 0.227. The van der Waals surface area contributed by atoms with Crippen LogP contribution in [-0.2, 0) is 15.1 Å². The van der Waals surface area contributed by atoms with E-state index < -0.39 is 17.5 Å². The Morgan fingerprint density at radius 1 is 1.03 bits per heavy atom. The van der Waals surface area contributed by atoms with Crippen LogP contribution in [0.5, 0.6) is 11.5 Å². The molecule has 0 spiro atoms. The number of rotatable bonds is 6. The van der Waals surface area contributed by atoms with E-state index in [9.17, 15) is 14.4 Å². The molecule has 8 heteroatoms. The zero-order chi connectivity index (χ0) is 25.4. The third-order valence-corrected chi connectivity index (χ3v) is 7.26. The van der Waals surface area contributed by atoms with Gasteiger partial charge in [0.15, 0.2) is 0 Å². The second-order valence-electron chi connectivity index (χ2n) is 9.36. The second-order valence-corrected chi connectivity index (χ2v) is 9.36. The minimum atomic E-state index is -1.25. The van der Waals surface area contributed by atoms with Gasteiger partial charge in [0, 0.05) is 12.1 Å². The van der Waals surface area contributed by atoms with Crippen LogP contribution in [0.4, 0.5) is 4.79 Å². The molecule has 36 heavy (non-hydrogen) atoms. The van der Waals surface area contributed by atoms with Crippen molar-refractivity contribution in [1.29, 1.82) is 0 Å². The zero-order valence-corrected chi connectivity index (χ0v) is 20.6. The number of amides is 4. The molecule has 8 nitrogen and oxygen atoms in total. The standard InChI is InChI=1S/C28H29N3O5/c1-28(20-11-10-18-7-4-5-8-19(18)15-20)26(33)31(27(34)29-28)17-25(32)30-14-6-9-23(30)22-16-21(35-2)12-13-24(22)36-3/h4-5,7-8,10-13,15-16,23H,6,9,14,17H2,1-3H3,(H,29,34)/t23-,28-/m0/s1. The molecule has 1 N–H and O–H groups in total. The fourth-order valence-electron chi connectivity index (χ4n) is 5.25. The summed E-state index contributed by atoms with van der Waals surface area (Å²) in [5.74, 6) is 0.615. The first kappa shape index (κ1) is 23.7. The highest BCUT2D eigenvalue weighted by atomic mass is 16.5. The van der Waals surface area contributed by atoms with Gasteiger partial charge in [-0.2, -0.15) is 0 Å². The van der Waals surface area contributed by atoms with Crippen molar-refractivity contribution in [2.75, 3.05) is 27.3 Å². The van der Waals surface area contributed by atoms with Crippen molar-refractivity contribution < 1.29 is 23.9 Å². The van der Waals surface area contributed by atoms with E-state index in [4.69, 9.17) is 9.47 Å². The molecule has 0 aromatic heterocycles. The van der Waals surface area contributed by atoms with Crippen LogP contribution in [0.1, 0.15) is 36.9 Å². The Morgan fingerprint density at radius 2 is 1.81 bits per heavy atom. The maximum atomic E-state index is 13.5. The van der Waals surface area contributed by atoms with Gasteiger partial charge in [0.05, 0.1) is 20.3 Å². The smallest absolute Gasteiger partial charge is 0.325 e. The van der Waals surface area contributed by atoms with Crippen molar-refractivity contribution in [2.45, 2.75) is 31.3 Å². The lowest BCUT2D eigenvalue weighted by Gasteiger charge is -2.28. The number of methoxy groups -OCH3 is 2. The molecule has 0 unspecified atom stereocenters. The van der Waals surface area contributed by atoms with Crippen LogP contribution < -0.4 is 14.8 Å². The Hall–Kier alpha value is -4.07. The Morgan fingerprint density at radius 3 is 2.56 bits per heavy atom. The number of imide groups is 1. The number of carbonyl (C=O) groups excluding carboxylic acids is 3. The van der Waals surface area contributed by atoms with E-state index in [1.807, 2.05) is 60.7 Å². The molecule has 2 saturated heterocycles. The van der Waals surface area contributed by atoms with E-state index in [0.717, 1.165) is 34.1 Å². The second kappa shape index (κ2) is 9.18. The SMILES string of the molecule is COc1ccc(OC)c([C@@H]2CCCN2C(=O)CN2C(=O)N[C@@](C)(c3ccc4ccccc4c3)C2=O)c1. The lowest BCUT2D eigenvalue weighted by Crippen LogP contribution is -2.44. The molecule has 5 rings (SSSR count). The highest BCUT2D eigenvalue weighted by molar-refractivity contribution is 6.09. The van der Waals surface area contributed by atoms with Gasteiger partial charge in [-0.3, -0.25) is 14.5 Å². The first-order valence-electron chi connectivity index (χ1n) is 12.0. The predicted molar refractivity (Wildman–Crippen MR) is 135 cm³/mol. The van der Waals surface area contributed by atoms with Gasteiger partial charge in [-0.05, 0) is 60.4 Å². The Kier molecular flexibility index (Phi) is 6.04. The summed E-state index contributed by atoms with van der Waals surface area (Å²) in [6, 6.07) is 18.2. The normalized spacial score (nSPS) is 21.7. The summed E-state index contributed by atoms with van der Waals surface area (Å²) in [4.78, 5) is 42.6. The van der Waals surface area contributed by atoms with Crippen molar-refractivity contribution in [3.8, 4) is 11.5 Å². The summed E-state index contributed by atoms with van der Waals surface area (Å²) in [7, 11) is 3.18. The van der Waals surface area contributed by atoms with Crippen LogP contribution in [0, 0.1) is 0 Å². The first-order chi connectivity index (χ1) is 17.4. The van der Waals surface area contributed by atoms with Gasteiger partial charge in [0.25, 0.3) is 5.91 Å². The van der Waals surface area contributed by atoms with Gasteiger partial charge in [-0.25, -0.2) is 4.79 Å². The van der Waals surface area contributed by atoms with E-state index >= 15 is 0 Å². The Bertz CT molecular complexity index is 1360. The van der Waals surface area contributed by atoms with Gasteiger partial charge in [-0.15, -0.1) is 0 Å². The van der Waals surface area contributed by atoms with Crippen LogP contribution in [-0.4, -0.2) is 55.0 Å². The Labute approximate surface area is 209 Å². The van der Waals surface area contributed by atoms with Gasteiger partial charge in [0.1, 0.15) is 23.6 Å². The number of benzene rings is 3. The molecule has 3 aromatic rings. The highest BCUT2D eigenvalue weighted by Crippen LogP contribution is 2.39. The Balaban J connectivity index is 1.38. The molecule has 186 valence electrons. The van der Waals surface area contributed by atoms with Crippen molar-refractivity contribution >= 4 is 28.6 Å². The van der Waals surface area contributed by atoms with Gasteiger partial charge in [-0.1, -0.05) is 36.4 Å². The summed E-state index contributed by atoms with van der Waals surface area (Å²) >= 11 is 0. The summed E-state index contributed by atoms with van der Waals surface area (Å²) in [5, 5.41) is 4.83. The predicted octanol–water partition coefficient (Wildman–Crippen LogP) is 3.99. The van der Waals surface area contributed by atoms with E-state index in [0.29, 0.717) is 23.6 Å². The number of carbonyl (C=O) groups is 3. The lowest BCUT2D eigenvalue weighted by molar-refractivity contribution is -0.139. The van der Waals surface area contributed by atoms with Crippen LogP contribution in [0.25, 0.3) is 10.8 Å². The van der Waals surface area contributed by atoms with E-state index in [2.05, 4.69) is 5.32 Å². The quantitative estimate of drug-likeness (QED) is 0.532. The van der Waals surface area contributed by atoms with E-state index in [1.165, 1.54) is 0 Å². The van der Waals surface area contributed by atoms with Gasteiger partial charge < -0.3 is 19.7 Å². The number of hydrogen-bond acceptors (Lipinski definition) is 5. The number of ether oxygens (including phenoxy) is 2. The monoisotopic (exact) mass is 487 g/mol. The average molecular weight is 488 g/mol. The topological polar surface area (TPSA) is 88.2 Å². The summed E-state index contributed by atoms with van der Waals surface area (Å²) in [6.07, 6.45) is 1.57. The molecule has 0 saturated carbocycles. The summed E-state index contributed by atoms with van der Waals surface area (Å²) in [5.41, 5.74) is 0.275. The largest absolute Gasteiger partial charge is 0.497 e. The number of hydrogen-bond donors (Lipinski definition) is 1. The van der Waals surface area contributed by atoms with Crippen LogP contribution >= 0.6 is 0 Å². The lowest BCUT2D eigenvalue weighted by atomic mass is 9.90. The molecule has 4 amide bonds. The number of fused-ring (bicyclic) bond motifs is 1. The fraction of sp³-hybridized carbons (Fsp3) is 0.321. The summed E-state index contributed by atoms with van der Waals surface area (Å²) < 4.78 is 10.9. The zero-order valence-electron chi connectivity index (χ0n) is 20.6. The molecule has 0 radical (unpaired) electrons. The van der Waals surface area contributed by atoms with Crippen LogP contribution in [0.2, 0.25) is 0 Å². The van der Waals surface area contributed by atoms with Crippen molar-refractivity contribution in [2.24, 2.45) is 0 Å². The third-order valence-electron chi connectivity index (χ3n) is 7.26. The molecule has 3 aromatic carbocycles. The number of urea groups is 1. The van der Waals surface area contributed by atoms with Crippen LogP contribution in [0.3, 0.4) is 0 Å². The van der Waals surface area contributed by atoms with Crippen molar-refractivity contribution in [1.82, 2.24) is 15.1 Å². The van der Waals surface area contributed by atoms with Gasteiger partial charge >= 0.3 is 6.03 Å². The van der Waals surface area contributed by atoms with Crippen LogP contribution in [0.15, 0.2) is 60.7 Å². The molecule has 2 fully saturated rings. The molecular weight excluding hydrogens is 458 g/mol. The summed E-state index contributed by atoms with van der Waals surface area (Å²) in [6.45, 7) is 1.90. The molecule has 2 aliphatic heterocycles. The maximum Gasteiger partial charge on any atom is 0.325 e. The average Bonchev–Trinajstić information content (AvgIpc) is 3.47. The van der Waals surface area contributed by atoms with Crippen molar-refractivity contribution in [3.63, 3.8) is 0 Å². The molecule has 2 aliphatic rings. The van der Waals surface area contributed by atoms with E-state index in [1.54, 1.807) is 26.0 Å². The molecule has 2 heterocycles. The molecule has 0 aliphatic carbocycles. The van der Waals surface area contributed by atoms with Gasteiger partial charge in [0.2, 0.25) is 5.91 Å². The minimum Gasteiger partial charge on any atom is -0.497 e. The fourth-order valence-corrected chi connectivity index (χ4v) is 5.25. The number of likely N-dealkylation sites (tertiary alicyclic amines) is 1. The molecular formula is C28H29N3O5. The highest BCUT2D eigenvalue weighted by Gasteiger charge is 2.50. The first-order valence-corrected chi connectivity index (χ1v) is 12.0. The third kappa shape index (κ3) is 3.92. The number of nitrogens with one attached hydrogen (secondary N) is 1.